The first-order valence-corrected chi connectivity index (χ1v) is 6.12. The molecule has 0 aromatic carbocycles. The van der Waals surface area contributed by atoms with Gasteiger partial charge in [0.1, 0.15) is 6.04 Å². The van der Waals surface area contributed by atoms with Crippen LogP contribution in [0.5, 0.6) is 0 Å². The fourth-order valence-electron chi connectivity index (χ4n) is 1.86. The molecule has 1 N–H and O–H groups in total. The quantitative estimate of drug-likeness (QED) is 0.753. The van der Waals surface area contributed by atoms with Gasteiger partial charge in [-0.1, -0.05) is 13.8 Å². The molecule has 96 valence electrons. The topological polar surface area (TPSA) is 65.4 Å². The van der Waals surface area contributed by atoms with Crippen LogP contribution in [0.4, 0.5) is 0 Å². The summed E-state index contributed by atoms with van der Waals surface area (Å²) in [5.41, 5.74) is 0. The van der Waals surface area contributed by atoms with E-state index in [-0.39, 0.29) is 11.9 Å². The van der Waals surface area contributed by atoms with E-state index in [0.717, 1.165) is 0 Å². The molecule has 1 aliphatic heterocycles. The second kappa shape index (κ2) is 7.25. The Morgan fingerprint density at radius 1 is 1.65 bits per heavy atom. The predicted molar refractivity (Wildman–Crippen MR) is 64.3 cm³/mol. The summed E-state index contributed by atoms with van der Waals surface area (Å²) in [6.07, 6.45) is 0.381. The Kier molecular flexibility index (Phi) is 5.95. The van der Waals surface area contributed by atoms with Crippen molar-refractivity contribution in [2.75, 3.05) is 32.8 Å². The molecule has 1 aliphatic rings. The van der Waals surface area contributed by atoms with Crippen molar-refractivity contribution in [2.24, 2.45) is 5.92 Å². The number of morpholine rings is 1. The molecular weight excluding hydrogens is 218 g/mol. The molecule has 0 aromatic rings. The van der Waals surface area contributed by atoms with Crippen LogP contribution in [0, 0.1) is 17.2 Å². The number of carbonyl (C=O) groups is 1. The molecule has 0 aromatic heterocycles. The number of hydrogen-bond donors (Lipinski definition) is 1. The van der Waals surface area contributed by atoms with Crippen LogP contribution in [-0.4, -0.2) is 49.7 Å². The highest BCUT2D eigenvalue weighted by molar-refractivity contribution is 5.82. The van der Waals surface area contributed by atoms with Crippen LogP contribution >= 0.6 is 0 Å². The second-order valence-electron chi connectivity index (χ2n) is 4.67. The van der Waals surface area contributed by atoms with Crippen molar-refractivity contribution in [3.63, 3.8) is 0 Å². The summed E-state index contributed by atoms with van der Waals surface area (Å²) in [4.78, 5) is 14.0. The van der Waals surface area contributed by atoms with Gasteiger partial charge in [-0.05, 0) is 5.92 Å². The lowest BCUT2D eigenvalue weighted by molar-refractivity contribution is -0.136. The molecule has 1 rings (SSSR count). The standard InChI is InChI=1S/C12H21N3O2/c1-10(2)8-15(6-3-4-13)12(16)11-9-17-7-5-14-11/h10-11,14H,3,5-9H2,1-2H3. The second-order valence-corrected chi connectivity index (χ2v) is 4.67. The van der Waals surface area contributed by atoms with Crippen LogP contribution in [0.1, 0.15) is 20.3 Å². The molecule has 0 radical (unpaired) electrons. The Bertz CT molecular complexity index is 280. The van der Waals surface area contributed by atoms with Gasteiger partial charge in [-0.15, -0.1) is 0 Å². The molecular formula is C12H21N3O2. The highest BCUT2D eigenvalue weighted by Crippen LogP contribution is 2.05. The zero-order valence-corrected chi connectivity index (χ0v) is 10.6. The molecule has 1 atom stereocenters. The van der Waals surface area contributed by atoms with Crippen molar-refractivity contribution >= 4 is 5.91 Å². The van der Waals surface area contributed by atoms with Gasteiger partial charge in [-0.3, -0.25) is 4.79 Å². The number of amides is 1. The number of carbonyl (C=O) groups excluding carboxylic acids is 1. The van der Waals surface area contributed by atoms with E-state index in [1.54, 1.807) is 4.90 Å². The summed E-state index contributed by atoms with van der Waals surface area (Å²) in [6, 6.07) is 1.83. The van der Waals surface area contributed by atoms with Crippen molar-refractivity contribution in [3.05, 3.63) is 0 Å². The SMILES string of the molecule is CC(C)CN(CCC#N)C(=O)C1COCCN1. The zero-order chi connectivity index (χ0) is 12.7. The summed E-state index contributed by atoms with van der Waals surface area (Å²) in [5.74, 6) is 0.454. The van der Waals surface area contributed by atoms with Gasteiger partial charge in [0.05, 0.1) is 25.7 Å². The van der Waals surface area contributed by atoms with Crippen LogP contribution in [0.2, 0.25) is 0 Å². The molecule has 1 saturated heterocycles. The summed E-state index contributed by atoms with van der Waals surface area (Å²) < 4.78 is 5.29. The largest absolute Gasteiger partial charge is 0.378 e. The summed E-state index contributed by atoms with van der Waals surface area (Å²) >= 11 is 0. The Morgan fingerprint density at radius 2 is 2.41 bits per heavy atom. The molecule has 1 unspecified atom stereocenters. The Hall–Kier alpha value is -1.12. The average molecular weight is 239 g/mol. The minimum Gasteiger partial charge on any atom is -0.378 e. The van der Waals surface area contributed by atoms with E-state index in [0.29, 0.717) is 45.2 Å². The first-order valence-electron chi connectivity index (χ1n) is 6.12. The normalized spacial score (nSPS) is 20.0. The third kappa shape index (κ3) is 4.72. The van der Waals surface area contributed by atoms with Crippen molar-refractivity contribution in [1.29, 1.82) is 5.26 Å². The maximum absolute atomic E-state index is 12.2. The third-order valence-corrected chi connectivity index (χ3v) is 2.61. The summed E-state index contributed by atoms with van der Waals surface area (Å²) in [6.45, 7) is 7.13. The lowest BCUT2D eigenvalue weighted by Crippen LogP contribution is -2.53. The smallest absolute Gasteiger partial charge is 0.242 e. The first-order chi connectivity index (χ1) is 8.15. The molecule has 1 fully saturated rings. The molecule has 1 heterocycles. The number of hydrogen-bond acceptors (Lipinski definition) is 4. The van der Waals surface area contributed by atoms with E-state index in [1.165, 1.54) is 0 Å². The van der Waals surface area contributed by atoms with E-state index in [2.05, 4.69) is 25.2 Å². The molecule has 0 saturated carbocycles. The maximum Gasteiger partial charge on any atom is 0.242 e. The lowest BCUT2D eigenvalue weighted by atomic mass is 10.1. The highest BCUT2D eigenvalue weighted by Gasteiger charge is 2.26. The lowest BCUT2D eigenvalue weighted by Gasteiger charge is -2.30. The number of nitriles is 1. The van der Waals surface area contributed by atoms with Crippen LogP contribution in [0.25, 0.3) is 0 Å². The minimum atomic E-state index is -0.249. The number of rotatable bonds is 5. The van der Waals surface area contributed by atoms with Crippen molar-refractivity contribution in [1.82, 2.24) is 10.2 Å². The maximum atomic E-state index is 12.2. The first kappa shape index (κ1) is 13.9. The Labute approximate surface area is 103 Å². The molecule has 0 aliphatic carbocycles. The van der Waals surface area contributed by atoms with Crippen LogP contribution in [0.3, 0.4) is 0 Å². The van der Waals surface area contributed by atoms with Crippen LogP contribution < -0.4 is 5.32 Å². The molecule has 1 amide bonds. The van der Waals surface area contributed by atoms with E-state index >= 15 is 0 Å². The van der Waals surface area contributed by atoms with E-state index < -0.39 is 0 Å². The van der Waals surface area contributed by atoms with Gasteiger partial charge in [0.25, 0.3) is 0 Å². The number of nitrogens with zero attached hydrogens (tertiary/aromatic N) is 2. The van der Waals surface area contributed by atoms with Crippen molar-refractivity contribution < 1.29 is 9.53 Å². The zero-order valence-electron chi connectivity index (χ0n) is 10.6. The molecule has 17 heavy (non-hydrogen) atoms. The van der Waals surface area contributed by atoms with Gasteiger partial charge in [-0.2, -0.15) is 5.26 Å². The van der Waals surface area contributed by atoms with E-state index in [9.17, 15) is 4.79 Å². The molecule has 5 heteroatoms. The van der Waals surface area contributed by atoms with Gasteiger partial charge in [0.15, 0.2) is 0 Å². The monoisotopic (exact) mass is 239 g/mol. The predicted octanol–water partition coefficient (Wildman–Crippen LogP) is 0.373. The fraction of sp³-hybridized carbons (Fsp3) is 0.833. The van der Waals surface area contributed by atoms with E-state index in [1.807, 2.05) is 0 Å². The molecule has 0 spiro atoms. The summed E-state index contributed by atoms with van der Waals surface area (Å²) in [5, 5.41) is 11.8. The van der Waals surface area contributed by atoms with Gasteiger partial charge in [-0.25, -0.2) is 0 Å². The molecule has 5 nitrogen and oxygen atoms in total. The number of nitrogens with one attached hydrogen (secondary N) is 1. The average Bonchev–Trinajstić information content (AvgIpc) is 2.34. The number of ether oxygens (including phenoxy) is 1. The fourth-order valence-corrected chi connectivity index (χ4v) is 1.86. The molecule has 0 bridgehead atoms. The van der Waals surface area contributed by atoms with Crippen LogP contribution in [0.15, 0.2) is 0 Å². The summed E-state index contributed by atoms with van der Waals surface area (Å²) in [7, 11) is 0. The van der Waals surface area contributed by atoms with Gasteiger partial charge >= 0.3 is 0 Å². The third-order valence-electron chi connectivity index (χ3n) is 2.61. The van der Waals surface area contributed by atoms with Crippen molar-refractivity contribution in [3.8, 4) is 6.07 Å². The minimum absolute atomic E-state index is 0.0497. The van der Waals surface area contributed by atoms with Crippen molar-refractivity contribution in [2.45, 2.75) is 26.3 Å². The Balaban J connectivity index is 2.54. The van der Waals surface area contributed by atoms with Crippen LogP contribution in [-0.2, 0) is 9.53 Å². The van der Waals surface area contributed by atoms with Gasteiger partial charge in [0, 0.05) is 19.6 Å². The van der Waals surface area contributed by atoms with E-state index in [4.69, 9.17) is 10.00 Å². The van der Waals surface area contributed by atoms with Gasteiger partial charge in [0.2, 0.25) is 5.91 Å². The Morgan fingerprint density at radius 3 is 2.94 bits per heavy atom. The van der Waals surface area contributed by atoms with Gasteiger partial charge < -0.3 is 15.0 Å². The highest BCUT2D eigenvalue weighted by atomic mass is 16.5.